The lowest BCUT2D eigenvalue weighted by Gasteiger charge is -2.19. The van der Waals surface area contributed by atoms with Crippen molar-refractivity contribution in [3.8, 4) is 11.1 Å². The van der Waals surface area contributed by atoms with Gasteiger partial charge in [-0.3, -0.25) is 14.5 Å². The molecule has 1 aromatic heterocycles. The SMILES string of the molecule is CC(C)(C)OC(=O)c1ccc(NC(=O)CN2C(=O)/C(=C/c3cc(-c4ccc(F)c(F)c4)cs3)SC2=S)cc1. The topological polar surface area (TPSA) is 75.7 Å². The summed E-state index contributed by atoms with van der Waals surface area (Å²) in [5.41, 5.74) is 1.38. The number of benzene rings is 2. The van der Waals surface area contributed by atoms with Gasteiger partial charge in [0.25, 0.3) is 5.91 Å². The van der Waals surface area contributed by atoms with Crippen molar-refractivity contribution < 1.29 is 27.9 Å². The molecular formula is C27H22F2N2O4S3. The minimum Gasteiger partial charge on any atom is -0.456 e. The van der Waals surface area contributed by atoms with E-state index in [1.54, 1.807) is 62.6 Å². The third kappa shape index (κ3) is 6.72. The van der Waals surface area contributed by atoms with E-state index >= 15 is 0 Å². The van der Waals surface area contributed by atoms with E-state index in [9.17, 15) is 23.2 Å². The predicted molar refractivity (Wildman–Crippen MR) is 150 cm³/mol. The lowest BCUT2D eigenvalue weighted by Crippen LogP contribution is -2.36. The van der Waals surface area contributed by atoms with Gasteiger partial charge in [-0.05, 0) is 85.8 Å². The molecule has 2 aromatic carbocycles. The highest BCUT2D eigenvalue weighted by Gasteiger charge is 2.33. The Labute approximate surface area is 231 Å². The molecule has 1 aliphatic rings. The lowest BCUT2D eigenvalue weighted by atomic mass is 10.1. The monoisotopic (exact) mass is 572 g/mol. The highest BCUT2D eigenvalue weighted by atomic mass is 32.2. The molecule has 0 saturated carbocycles. The van der Waals surface area contributed by atoms with Gasteiger partial charge in [-0.15, -0.1) is 11.3 Å². The average molecular weight is 573 g/mol. The zero-order valence-electron chi connectivity index (χ0n) is 20.5. The van der Waals surface area contributed by atoms with E-state index in [0.29, 0.717) is 27.3 Å². The third-order valence-corrected chi connectivity index (χ3v) is 7.38. The fraction of sp³-hybridized carbons (Fsp3) is 0.185. The van der Waals surface area contributed by atoms with Crippen LogP contribution in [-0.2, 0) is 14.3 Å². The maximum Gasteiger partial charge on any atom is 0.338 e. The normalized spacial score (nSPS) is 14.8. The van der Waals surface area contributed by atoms with Gasteiger partial charge < -0.3 is 10.1 Å². The Bertz CT molecular complexity index is 1460. The van der Waals surface area contributed by atoms with E-state index in [1.807, 2.05) is 0 Å². The van der Waals surface area contributed by atoms with Crippen molar-refractivity contribution in [1.82, 2.24) is 4.90 Å². The molecule has 0 bridgehead atoms. The van der Waals surface area contributed by atoms with Gasteiger partial charge in [-0.1, -0.05) is 30.0 Å². The smallest absolute Gasteiger partial charge is 0.338 e. The van der Waals surface area contributed by atoms with E-state index < -0.39 is 35.0 Å². The molecule has 4 rings (SSSR count). The number of amides is 2. The highest BCUT2D eigenvalue weighted by Crippen LogP contribution is 2.35. The van der Waals surface area contributed by atoms with Crippen LogP contribution in [0.25, 0.3) is 17.2 Å². The standard InChI is InChI=1S/C27H22F2N2O4S3/c1-27(2,3)35-25(34)15-4-7-18(8-5-15)30-23(32)13-31-24(33)22(38-26(31)36)12-19-10-17(14-37-19)16-6-9-20(28)21(29)11-16/h4-12,14H,13H2,1-3H3,(H,30,32)/b22-12-. The largest absolute Gasteiger partial charge is 0.456 e. The number of esters is 1. The van der Waals surface area contributed by atoms with Gasteiger partial charge >= 0.3 is 5.97 Å². The number of hydrogen-bond donors (Lipinski definition) is 1. The Kier molecular flexibility index (Phi) is 8.10. The van der Waals surface area contributed by atoms with Gasteiger partial charge in [0.15, 0.2) is 11.6 Å². The minimum atomic E-state index is -0.937. The predicted octanol–water partition coefficient (Wildman–Crippen LogP) is 6.49. The Morgan fingerprint density at radius 2 is 1.76 bits per heavy atom. The summed E-state index contributed by atoms with van der Waals surface area (Å²) in [6.45, 7) is 5.05. The number of ether oxygens (including phenoxy) is 1. The second-order valence-corrected chi connectivity index (χ2v) is 11.9. The molecule has 1 aliphatic heterocycles. The van der Waals surface area contributed by atoms with Crippen LogP contribution in [0.5, 0.6) is 0 Å². The molecule has 0 radical (unpaired) electrons. The third-order valence-electron chi connectivity index (χ3n) is 5.12. The molecule has 6 nitrogen and oxygen atoms in total. The Balaban J connectivity index is 1.38. The van der Waals surface area contributed by atoms with Crippen LogP contribution in [0.15, 0.2) is 58.8 Å². The van der Waals surface area contributed by atoms with Gasteiger partial charge in [-0.2, -0.15) is 0 Å². The van der Waals surface area contributed by atoms with Gasteiger partial charge in [-0.25, -0.2) is 13.6 Å². The molecule has 38 heavy (non-hydrogen) atoms. The van der Waals surface area contributed by atoms with Crippen molar-refractivity contribution in [2.75, 3.05) is 11.9 Å². The van der Waals surface area contributed by atoms with Crippen LogP contribution in [0.2, 0.25) is 0 Å². The molecule has 1 fully saturated rings. The van der Waals surface area contributed by atoms with Crippen molar-refractivity contribution in [1.29, 1.82) is 0 Å². The fourth-order valence-corrected chi connectivity index (χ4v) is 5.56. The Morgan fingerprint density at radius 3 is 2.42 bits per heavy atom. The molecule has 196 valence electrons. The van der Waals surface area contributed by atoms with Crippen LogP contribution in [-0.4, -0.2) is 39.1 Å². The van der Waals surface area contributed by atoms with Crippen molar-refractivity contribution in [3.63, 3.8) is 0 Å². The van der Waals surface area contributed by atoms with Crippen molar-refractivity contribution >= 4 is 69.2 Å². The number of rotatable bonds is 6. The maximum atomic E-state index is 13.6. The number of nitrogens with zero attached hydrogens (tertiary/aromatic N) is 1. The quantitative estimate of drug-likeness (QED) is 0.207. The molecule has 0 aliphatic carbocycles. The summed E-state index contributed by atoms with van der Waals surface area (Å²) >= 11 is 7.73. The van der Waals surface area contributed by atoms with Crippen molar-refractivity contribution in [3.05, 3.63) is 80.9 Å². The first-order valence-electron chi connectivity index (χ1n) is 11.3. The molecule has 2 heterocycles. The van der Waals surface area contributed by atoms with Crippen molar-refractivity contribution in [2.24, 2.45) is 0 Å². The Hall–Kier alpha value is -3.41. The summed E-state index contributed by atoms with van der Waals surface area (Å²) in [6, 6.07) is 11.7. The van der Waals surface area contributed by atoms with Gasteiger partial charge in [0, 0.05) is 10.6 Å². The van der Waals surface area contributed by atoms with E-state index in [1.165, 1.54) is 22.3 Å². The molecule has 0 spiro atoms. The number of carbonyl (C=O) groups is 3. The summed E-state index contributed by atoms with van der Waals surface area (Å²) in [5, 5.41) is 4.47. The summed E-state index contributed by atoms with van der Waals surface area (Å²) in [7, 11) is 0. The van der Waals surface area contributed by atoms with E-state index in [4.69, 9.17) is 17.0 Å². The van der Waals surface area contributed by atoms with Crippen molar-refractivity contribution in [2.45, 2.75) is 26.4 Å². The first-order valence-corrected chi connectivity index (χ1v) is 13.4. The number of nitrogens with one attached hydrogen (secondary N) is 1. The van der Waals surface area contributed by atoms with Crippen LogP contribution in [0.4, 0.5) is 14.5 Å². The van der Waals surface area contributed by atoms with Gasteiger partial charge in [0.2, 0.25) is 5.91 Å². The molecule has 11 heteroatoms. The van der Waals surface area contributed by atoms with Crippen LogP contribution >= 0.6 is 35.3 Å². The second-order valence-electron chi connectivity index (χ2n) is 9.26. The number of carbonyl (C=O) groups excluding carboxylic acids is 3. The fourth-order valence-electron chi connectivity index (χ4n) is 3.39. The number of anilines is 1. The number of hydrogen-bond acceptors (Lipinski definition) is 7. The summed E-state index contributed by atoms with van der Waals surface area (Å²) in [5.74, 6) is -3.19. The lowest BCUT2D eigenvalue weighted by molar-refractivity contribution is -0.126. The zero-order chi connectivity index (χ0) is 27.6. The molecule has 0 unspecified atom stereocenters. The number of thioether (sulfide) groups is 1. The maximum absolute atomic E-state index is 13.6. The molecule has 0 atom stereocenters. The first-order chi connectivity index (χ1) is 17.9. The van der Waals surface area contributed by atoms with E-state index in [2.05, 4.69) is 5.32 Å². The number of halogens is 2. The van der Waals surface area contributed by atoms with Gasteiger partial charge in [0.1, 0.15) is 16.5 Å². The molecular weight excluding hydrogens is 551 g/mol. The second kappa shape index (κ2) is 11.1. The van der Waals surface area contributed by atoms with Crippen LogP contribution in [0, 0.1) is 11.6 Å². The van der Waals surface area contributed by atoms with E-state index in [-0.39, 0.29) is 10.9 Å². The molecule has 3 aromatic rings. The number of thiocarbonyl (C=S) groups is 1. The van der Waals surface area contributed by atoms with Gasteiger partial charge in [0.05, 0.1) is 10.5 Å². The summed E-state index contributed by atoms with van der Waals surface area (Å²) in [6.07, 6.45) is 1.65. The van der Waals surface area contributed by atoms with Crippen LogP contribution in [0.1, 0.15) is 36.0 Å². The van der Waals surface area contributed by atoms with E-state index in [0.717, 1.165) is 28.8 Å². The first kappa shape index (κ1) is 27.6. The van der Waals surface area contributed by atoms with Crippen LogP contribution in [0.3, 0.4) is 0 Å². The van der Waals surface area contributed by atoms with Crippen LogP contribution < -0.4 is 5.32 Å². The number of thiophene rings is 1. The molecule has 1 N–H and O–H groups in total. The average Bonchev–Trinajstić information content (AvgIpc) is 3.40. The molecule has 2 amide bonds. The summed E-state index contributed by atoms with van der Waals surface area (Å²) < 4.78 is 32.4. The Morgan fingerprint density at radius 1 is 1.05 bits per heavy atom. The minimum absolute atomic E-state index is 0.244. The molecule has 1 saturated heterocycles. The highest BCUT2D eigenvalue weighted by molar-refractivity contribution is 8.26. The summed E-state index contributed by atoms with van der Waals surface area (Å²) in [4.78, 5) is 40.0. The zero-order valence-corrected chi connectivity index (χ0v) is 23.0.